The normalized spacial score (nSPS) is 20.9. The zero-order valence-corrected chi connectivity index (χ0v) is 9.80. The van der Waals surface area contributed by atoms with Gasteiger partial charge < -0.3 is 10.6 Å². The molecular weight excluding hydrogens is 184 g/mol. The van der Waals surface area contributed by atoms with Gasteiger partial charge in [0.15, 0.2) is 0 Å². The van der Waals surface area contributed by atoms with E-state index in [-0.39, 0.29) is 0 Å². The predicted octanol–water partition coefficient (Wildman–Crippen LogP) is 2.19. The summed E-state index contributed by atoms with van der Waals surface area (Å²) in [6.45, 7) is 4.45. The Kier molecular flexibility index (Phi) is 2.96. The molecule has 1 aliphatic heterocycles. The molecule has 82 valence electrons. The van der Waals surface area contributed by atoms with Gasteiger partial charge in [-0.05, 0) is 37.9 Å². The molecule has 1 heterocycles. The molecule has 0 saturated heterocycles. The van der Waals surface area contributed by atoms with Crippen LogP contribution in [0.4, 0.5) is 5.69 Å². The maximum absolute atomic E-state index is 3.64. The van der Waals surface area contributed by atoms with Crippen LogP contribution in [0.3, 0.4) is 0 Å². The number of anilines is 1. The van der Waals surface area contributed by atoms with E-state index in [0.717, 1.165) is 12.8 Å². The smallest absolute Gasteiger partial charge is 0.0453 e. The second kappa shape index (κ2) is 4.23. The fourth-order valence-electron chi connectivity index (χ4n) is 2.28. The molecule has 0 fully saturated rings. The molecule has 0 radical (unpaired) electrons. The number of hydrogen-bond acceptors (Lipinski definition) is 2. The monoisotopic (exact) mass is 204 g/mol. The number of benzene rings is 1. The molecule has 2 unspecified atom stereocenters. The third kappa shape index (κ3) is 1.86. The van der Waals surface area contributed by atoms with Crippen molar-refractivity contribution in [2.24, 2.45) is 0 Å². The summed E-state index contributed by atoms with van der Waals surface area (Å²) in [5.74, 6) is 0. The predicted molar refractivity (Wildman–Crippen MR) is 65.5 cm³/mol. The number of aryl methyl sites for hydroxylation is 1. The molecular formula is C13H20N2. The van der Waals surface area contributed by atoms with Gasteiger partial charge in [0.1, 0.15) is 0 Å². The summed E-state index contributed by atoms with van der Waals surface area (Å²) < 4.78 is 0. The van der Waals surface area contributed by atoms with E-state index in [0.29, 0.717) is 12.1 Å². The van der Waals surface area contributed by atoms with Crippen LogP contribution in [0.5, 0.6) is 0 Å². The highest BCUT2D eigenvalue weighted by Crippen LogP contribution is 2.30. The Balaban J connectivity index is 2.23. The van der Waals surface area contributed by atoms with E-state index in [1.807, 2.05) is 7.05 Å². The molecule has 0 saturated carbocycles. The first-order valence-electron chi connectivity index (χ1n) is 5.80. The third-order valence-electron chi connectivity index (χ3n) is 3.45. The molecule has 1 aromatic carbocycles. The highest BCUT2D eigenvalue weighted by molar-refractivity contribution is 5.62. The SMILES string of the molecule is CCc1cccc2c1NC(C(C)NC)C2. The van der Waals surface area contributed by atoms with E-state index in [2.05, 4.69) is 42.7 Å². The van der Waals surface area contributed by atoms with Gasteiger partial charge >= 0.3 is 0 Å². The van der Waals surface area contributed by atoms with E-state index < -0.39 is 0 Å². The van der Waals surface area contributed by atoms with Crippen molar-refractivity contribution in [3.05, 3.63) is 29.3 Å². The maximum atomic E-state index is 3.64. The lowest BCUT2D eigenvalue weighted by atomic mass is 10.0. The van der Waals surface area contributed by atoms with Gasteiger partial charge in [-0.1, -0.05) is 25.1 Å². The molecule has 2 heteroatoms. The molecule has 2 nitrogen and oxygen atoms in total. The van der Waals surface area contributed by atoms with Crippen LogP contribution in [0.15, 0.2) is 18.2 Å². The van der Waals surface area contributed by atoms with Crippen molar-refractivity contribution < 1.29 is 0 Å². The Morgan fingerprint density at radius 1 is 1.53 bits per heavy atom. The Morgan fingerprint density at radius 2 is 2.33 bits per heavy atom. The third-order valence-corrected chi connectivity index (χ3v) is 3.45. The summed E-state index contributed by atoms with van der Waals surface area (Å²) in [6.07, 6.45) is 2.25. The summed E-state index contributed by atoms with van der Waals surface area (Å²) in [7, 11) is 2.02. The summed E-state index contributed by atoms with van der Waals surface area (Å²) in [6, 6.07) is 7.69. The molecule has 0 aromatic heterocycles. The van der Waals surface area contributed by atoms with Crippen LogP contribution in [-0.4, -0.2) is 19.1 Å². The van der Waals surface area contributed by atoms with Crippen molar-refractivity contribution in [1.82, 2.24) is 5.32 Å². The van der Waals surface area contributed by atoms with Gasteiger partial charge in [-0.3, -0.25) is 0 Å². The molecule has 0 amide bonds. The van der Waals surface area contributed by atoms with E-state index in [4.69, 9.17) is 0 Å². The van der Waals surface area contributed by atoms with E-state index in [9.17, 15) is 0 Å². The van der Waals surface area contributed by atoms with Crippen molar-refractivity contribution >= 4 is 5.69 Å². The number of para-hydroxylation sites is 1. The minimum atomic E-state index is 0.516. The lowest BCUT2D eigenvalue weighted by molar-refractivity contribution is 0.527. The highest BCUT2D eigenvalue weighted by atomic mass is 15.0. The minimum absolute atomic E-state index is 0.516. The van der Waals surface area contributed by atoms with Crippen molar-refractivity contribution in [1.29, 1.82) is 0 Å². The van der Waals surface area contributed by atoms with Crippen LogP contribution >= 0.6 is 0 Å². The standard InChI is InChI=1S/C13H20N2/c1-4-10-6-5-7-11-8-12(9(2)14-3)15-13(10)11/h5-7,9,12,14-15H,4,8H2,1-3H3. The van der Waals surface area contributed by atoms with Crippen molar-refractivity contribution in [3.63, 3.8) is 0 Å². The molecule has 0 bridgehead atoms. The quantitative estimate of drug-likeness (QED) is 0.788. The zero-order valence-electron chi connectivity index (χ0n) is 9.80. The maximum Gasteiger partial charge on any atom is 0.0453 e. The molecule has 2 N–H and O–H groups in total. The second-order valence-corrected chi connectivity index (χ2v) is 4.34. The number of likely N-dealkylation sites (N-methyl/N-ethyl adjacent to an activating group) is 1. The fourth-order valence-corrected chi connectivity index (χ4v) is 2.28. The van der Waals surface area contributed by atoms with E-state index in [1.165, 1.54) is 16.8 Å². The van der Waals surface area contributed by atoms with Crippen LogP contribution < -0.4 is 10.6 Å². The molecule has 2 atom stereocenters. The molecule has 2 rings (SSSR count). The number of hydrogen-bond donors (Lipinski definition) is 2. The number of rotatable bonds is 3. The van der Waals surface area contributed by atoms with E-state index >= 15 is 0 Å². The van der Waals surface area contributed by atoms with Crippen LogP contribution in [-0.2, 0) is 12.8 Å². The average Bonchev–Trinajstić information content (AvgIpc) is 2.71. The minimum Gasteiger partial charge on any atom is -0.380 e. The van der Waals surface area contributed by atoms with Gasteiger partial charge in [0.2, 0.25) is 0 Å². The number of fused-ring (bicyclic) bond motifs is 1. The summed E-state index contributed by atoms with van der Waals surface area (Å²) in [4.78, 5) is 0. The van der Waals surface area contributed by atoms with Crippen LogP contribution in [0, 0.1) is 0 Å². The molecule has 1 aliphatic rings. The Bertz CT molecular complexity index is 346. The van der Waals surface area contributed by atoms with Crippen molar-refractivity contribution in [3.8, 4) is 0 Å². The van der Waals surface area contributed by atoms with Crippen molar-refractivity contribution in [2.75, 3.05) is 12.4 Å². The first-order valence-corrected chi connectivity index (χ1v) is 5.80. The topological polar surface area (TPSA) is 24.1 Å². The number of nitrogens with one attached hydrogen (secondary N) is 2. The zero-order chi connectivity index (χ0) is 10.8. The summed E-state index contributed by atoms with van der Waals surface area (Å²) in [5.41, 5.74) is 4.30. The second-order valence-electron chi connectivity index (χ2n) is 4.34. The van der Waals surface area contributed by atoms with Crippen LogP contribution in [0.25, 0.3) is 0 Å². The molecule has 0 spiro atoms. The lowest BCUT2D eigenvalue weighted by Crippen LogP contribution is -2.38. The Hall–Kier alpha value is -1.02. The summed E-state index contributed by atoms with van der Waals surface area (Å²) in [5, 5.41) is 6.96. The van der Waals surface area contributed by atoms with E-state index in [1.54, 1.807) is 0 Å². The van der Waals surface area contributed by atoms with Gasteiger partial charge in [0.25, 0.3) is 0 Å². The van der Waals surface area contributed by atoms with Crippen LogP contribution in [0.2, 0.25) is 0 Å². The average molecular weight is 204 g/mol. The molecule has 1 aromatic rings. The summed E-state index contributed by atoms with van der Waals surface area (Å²) >= 11 is 0. The fraction of sp³-hybridized carbons (Fsp3) is 0.538. The Morgan fingerprint density at radius 3 is 3.00 bits per heavy atom. The lowest BCUT2D eigenvalue weighted by Gasteiger charge is -2.19. The van der Waals surface area contributed by atoms with Gasteiger partial charge in [-0.2, -0.15) is 0 Å². The first-order chi connectivity index (χ1) is 7.26. The van der Waals surface area contributed by atoms with Gasteiger partial charge in [0, 0.05) is 17.8 Å². The van der Waals surface area contributed by atoms with Gasteiger partial charge in [-0.25, -0.2) is 0 Å². The van der Waals surface area contributed by atoms with Crippen LogP contribution in [0.1, 0.15) is 25.0 Å². The largest absolute Gasteiger partial charge is 0.380 e. The molecule has 15 heavy (non-hydrogen) atoms. The molecule has 0 aliphatic carbocycles. The van der Waals surface area contributed by atoms with Gasteiger partial charge in [-0.15, -0.1) is 0 Å². The van der Waals surface area contributed by atoms with Gasteiger partial charge in [0.05, 0.1) is 0 Å². The van der Waals surface area contributed by atoms with Crippen molar-refractivity contribution in [2.45, 2.75) is 38.8 Å². The Labute approximate surface area is 92.1 Å². The highest BCUT2D eigenvalue weighted by Gasteiger charge is 2.25. The first kappa shape index (κ1) is 10.5.